The van der Waals surface area contributed by atoms with Crippen LogP contribution in [-0.2, 0) is 11.0 Å². The molecule has 0 spiro atoms. The number of ether oxygens (including phenoxy) is 1. The molecule has 0 aliphatic carbocycles. The van der Waals surface area contributed by atoms with Gasteiger partial charge in [0.05, 0.1) is 37.4 Å². The number of hydrogen-bond donors (Lipinski definition) is 1. The molecule has 0 saturated carbocycles. The van der Waals surface area contributed by atoms with Gasteiger partial charge < -0.3 is 14.7 Å². The Balaban J connectivity index is 2.45. The second-order valence-electron chi connectivity index (χ2n) is 4.25. The third-order valence-electron chi connectivity index (χ3n) is 2.90. The van der Waals surface area contributed by atoms with Crippen molar-refractivity contribution in [3.8, 4) is 5.75 Å². The molecule has 1 saturated heterocycles. The highest BCUT2D eigenvalue weighted by molar-refractivity contribution is 5.97. The van der Waals surface area contributed by atoms with Crippen molar-refractivity contribution < 1.29 is 27.8 Å². The molecule has 1 N–H and O–H groups in total. The Morgan fingerprint density at radius 3 is 2.58 bits per heavy atom. The number of aliphatic hydroxyl groups is 1. The first kappa shape index (κ1) is 13.7. The number of rotatable bonds is 2. The number of halogens is 3. The average Bonchev–Trinajstić information content (AvgIpc) is 2.66. The van der Waals surface area contributed by atoms with E-state index in [-0.39, 0.29) is 24.4 Å². The summed E-state index contributed by atoms with van der Waals surface area (Å²) < 4.78 is 43.0. The van der Waals surface area contributed by atoms with E-state index in [2.05, 4.69) is 0 Å². The summed E-state index contributed by atoms with van der Waals surface area (Å²) in [5.41, 5.74) is -0.837. The van der Waals surface area contributed by atoms with Crippen molar-refractivity contribution >= 4 is 11.6 Å². The Morgan fingerprint density at radius 1 is 1.42 bits per heavy atom. The summed E-state index contributed by atoms with van der Waals surface area (Å²) in [6, 6.07) is 2.91. The van der Waals surface area contributed by atoms with Crippen LogP contribution < -0.4 is 9.64 Å². The van der Waals surface area contributed by atoms with Crippen LogP contribution in [-0.4, -0.2) is 30.8 Å². The van der Waals surface area contributed by atoms with Gasteiger partial charge in [0, 0.05) is 0 Å². The molecule has 1 heterocycles. The SMILES string of the molecule is COc1ccc(C(F)(F)F)cc1N1CC(O)CC1=O. The highest BCUT2D eigenvalue weighted by Gasteiger charge is 2.35. The molecular weight excluding hydrogens is 263 g/mol. The molecule has 1 amide bonds. The number of methoxy groups -OCH3 is 1. The Hall–Kier alpha value is -1.76. The zero-order valence-corrected chi connectivity index (χ0v) is 10.1. The number of anilines is 1. The van der Waals surface area contributed by atoms with Gasteiger partial charge in [0.25, 0.3) is 0 Å². The van der Waals surface area contributed by atoms with E-state index in [0.717, 1.165) is 23.1 Å². The fourth-order valence-electron chi connectivity index (χ4n) is 2.00. The maximum Gasteiger partial charge on any atom is 0.416 e. The number of carbonyl (C=O) groups is 1. The van der Waals surface area contributed by atoms with Crippen LogP contribution in [0.4, 0.5) is 18.9 Å². The van der Waals surface area contributed by atoms with Crippen molar-refractivity contribution in [3.63, 3.8) is 0 Å². The molecule has 1 fully saturated rings. The molecule has 1 aliphatic heterocycles. The van der Waals surface area contributed by atoms with Crippen molar-refractivity contribution in [2.24, 2.45) is 0 Å². The lowest BCUT2D eigenvalue weighted by molar-refractivity contribution is -0.137. The summed E-state index contributed by atoms with van der Waals surface area (Å²) in [6.07, 6.45) is -5.46. The van der Waals surface area contributed by atoms with Gasteiger partial charge >= 0.3 is 6.18 Å². The maximum absolute atomic E-state index is 12.7. The minimum atomic E-state index is -4.50. The monoisotopic (exact) mass is 275 g/mol. The topological polar surface area (TPSA) is 49.8 Å². The molecule has 0 aromatic heterocycles. The van der Waals surface area contributed by atoms with E-state index < -0.39 is 23.8 Å². The van der Waals surface area contributed by atoms with Gasteiger partial charge in [-0.1, -0.05) is 0 Å². The number of benzene rings is 1. The third-order valence-corrected chi connectivity index (χ3v) is 2.90. The van der Waals surface area contributed by atoms with Crippen molar-refractivity contribution in [3.05, 3.63) is 23.8 Å². The van der Waals surface area contributed by atoms with Gasteiger partial charge in [0.2, 0.25) is 5.91 Å². The molecule has 0 radical (unpaired) electrons. The van der Waals surface area contributed by atoms with Crippen LogP contribution in [0, 0.1) is 0 Å². The summed E-state index contributed by atoms with van der Waals surface area (Å²) in [5, 5.41) is 9.40. The minimum Gasteiger partial charge on any atom is -0.495 e. The quantitative estimate of drug-likeness (QED) is 0.895. The van der Waals surface area contributed by atoms with E-state index in [0.29, 0.717) is 0 Å². The Kier molecular flexibility index (Phi) is 3.40. The summed E-state index contributed by atoms with van der Waals surface area (Å²) in [4.78, 5) is 12.8. The molecule has 1 aromatic rings. The number of β-amino-alcohol motifs (C(OH)–C–C–N with tert-alkyl or cyclic N) is 1. The lowest BCUT2D eigenvalue weighted by atomic mass is 10.1. The third kappa shape index (κ3) is 2.65. The summed E-state index contributed by atoms with van der Waals surface area (Å²) in [7, 11) is 1.31. The minimum absolute atomic E-state index is 0.0267. The predicted octanol–water partition coefficient (Wildman–Crippen LogP) is 1.81. The Bertz CT molecular complexity index is 501. The Morgan fingerprint density at radius 2 is 2.11 bits per heavy atom. The van der Waals surface area contributed by atoms with Gasteiger partial charge in [-0.3, -0.25) is 4.79 Å². The molecule has 19 heavy (non-hydrogen) atoms. The van der Waals surface area contributed by atoms with Crippen LogP contribution in [0.2, 0.25) is 0 Å². The number of hydrogen-bond acceptors (Lipinski definition) is 3. The van der Waals surface area contributed by atoms with Gasteiger partial charge in [-0.05, 0) is 18.2 Å². The predicted molar refractivity (Wildman–Crippen MR) is 61.0 cm³/mol. The van der Waals surface area contributed by atoms with Gasteiger partial charge in [-0.2, -0.15) is 13.2 Å². The average molecular weight is 275 g/mol. The van der Waals surface area contributed by atoms with E-state index in [1.165, 1.54) is 7.11 Å². The van der Waals surface area contributed by atoms with Crippen LogP contribution in [0.1, 0.15) is 12.0 Å². The van der Waals surface area contributed by atoms with Crippen molar-refractivity contribution in [2.45, 2.75) is 18.7 Å². The molecule has 0 bridgehead atoms. The molecule has 1 atom stereocenters. The van der Waals surface area contributed by atoms with Gasteiger partial charge in [0.15, 0.2) is 0 Å². The van der Waals surface area contributed by atoms with E-state index in [4.69, 9.17) is 4.74 Å². The molecule has 1 aromatic carbocycles. The molecule has 104 valence electrons. The lowest BCUT2D eigenvalue weighted by Gasteiger charge is -2.20. The molecule has 4 nitrogen and oxygen atoms in total. The lowest BCUT2D eigenvalue weighted by Crippen LogP contribution is -2.26. The van der Waals surface area contributed by atoms with Crippen molar-refractivity contribution in [2.75, 3.05) is 18.6 Å². The second-order valence-corrected chi connectivity index (χ2v) is 4.25. The maximum atomic E-state index is 12.7. The zero-order chi connectivity index (χ0) is 14.2. The summed E-state index contributed by atoms with van der Waals surface area (Å²) in [5.74, 6) is -0.263. The second kappa shape index (κ2) is 4.73. The van der Waals surface area contributed by atoms with Crippen LogP contribution in [0.25, 0.3) is 0 Å². The summed E-state index contributed by atoms with van der Waals surface area (Å²) >= 11 is 0. The molecule has 7 heteroatoms. The van der Waals surface area contributed by atoms with Crippen molar-refractivity contribution in [1.29, 1.82) is 0 Å². The Labute approximate surface area is 107 Å². The highest BCUT2D eigenvalue weighted by atomic mass is 19.4. The van der Waals surface area contributed by atoms with E-state index in [1.807, 2.05) is 0 Å². The number of carbonyl (C=O) groups excluding carboxylic acids is 1. The number of aliphatic hydroxyl groups excluding tert-OH is 1. The first-order valence-electron chi connectivity index (χ1n) is 5.56. The van der Waals surface area contributed by atoms with Crippen molar-refractivity contribution in [1.82, 2.24) is 0 Å². The first-order chi connectivity index (χ1) is 8.82. The zero-order valence-electron chi connectivity index (χ0n) is 10.1. The highest BCUT2D eigenvalue weighted by Crippen LogP contribution is 2.38. The molecule has 2 rings (SSSR count). The fraction of sp³-hybridized carbons (Fsp3) is 0.417. The first-order valence-corrected chi connectivity index (χ1v) is 5.56. The fourth-order valence-corrected chi connectivity index (χ4v) is 2.00. The van der Waals surface area contributed by atoms with E-state index in [9.17, 15) is 23.1 Å². The standard InChI is InChI=1S/C12H12F3NO3/c1-19-10-3-2-7(12(13,14)15)4-9(10)16-6-8(17)5-11(16)18/h2-4,8,17H,5-6H2,1H3. The van der Waals surface area contributed by atoms with Crippen LogP contribution in [0.3, 0.4) is 0 Å². The number of nitrogens with zero attached hydrogens (tertiary/aromatic N) is 1. The van der Waals surface area contributed by atoms with E-state index in [1.54, 1.807) is 0 Å². The number of alkyl halides is 3. The van der Waals surface area contributed by atoms with Gasteiger partial charge in [-0.25, -0.2) is 0 Å². The largest absolute Gasteiger partial charge is 0.495 e. The molecular formula is C12H12F3NO3. The van der Waals surface area contributed by atoms with Crippen LogP contribution in [0.5, 0.6) is 5.75 Å². The molecule has 1 unspecified atom stereocenters. The number of amides is 1. The summed E-state index contributed by atoms with van der Waals surface area (Å²) in [6.45, 7) is -0.0312. The molecule has 1 aliphatic rings. The van der Waals surface area contributed by atoms with Crippen LogP contribution >= 0.6 is 0 Å². The normalized spacial score (nSPS) is 19.9. The van der Waals surface area contributed by atoms with Gasteiger partial charge in [-0.15, -0.1) is 0 Å². The van der Waals surface area contributed by atoms with Gasteiger partial charge in [0.1, 0.15) is 5.75 Å². The van der Waals surface area contributed by atoms with Crippen LogP contribution in [0.15, 0.2) is 18.2 Å². The smallest absolute Gasteiger partial charge is 0.416 e. The van der Waals surface area contributed by atoms with E-state index >= 15 is 0 Å².